The summed E-state index contributed by atoms with van der Waals surface area (Å²) in [6.07, 6.45) is 0.586. The van der Waals surface area contributed by atoms with E-state index in [1.165, 1.54) is 0 Å². The fourth-order valence-electron chi connectivity index (χ4n) is 1.32. The molecule has 1 heterocycles. The van der Waals surface area contributed by atoms with E-state index in [1.54, 1.807) is 0 Å². The maximum absolute atomic E-state index is 11.6. The molecule has 0 aliphatic carbocycles. The van der Waals surface area contributed by atoms with E-state index in [9.17, 15) is 4.79 Å². The summed E-state index contributed by atoms with van der Waals surface area (Å²) in [5.41, 5.74) is 11.0. The molecule has 0 spiro atoms. The van der Waals surface area contributed by atoms with Gasteiger partial charge < -0.3 is 16.4 Å². The van der Waals surface area contributed by atoms with Crippen LogP contribution in [0.1, 0.15) is 6.42 Å². The molecule has 0 aromatic rings. The summed E-state index contributed by atoms with van der Waals surface area (Å²) in [4.78, 5) is 13.5. The Labute approximate surface area is 83.0 Å². The first-order chi connectivity index (χ1) is 6.25. The van der Waals surface area contributed by atoms with Gasteiger partial charge in [-0.3, -0.25) is 4.79 Å². The molecule has 4 nitrogen and oxygen atoms in total. The summed E-state index contributed by atoms with van der Waals surface area (Å²) >= 11 is 1.88. The van der Waals surface area contributed by atoms with Crippen molar-refractivity contribution >= 4 is 17.7 Å². The number of nitrogens with two attached hydrogens (primary N) is 2. The molecule has 0 aromatic heterocycles. The molecule has 4 N–H and O–H groups in total. The van der Waals surface area contributed by atoms with Gasteiger partial charge in [-0.25, -0.2) is 0 Å². The Balaban J connectivity index is 2.36. The topological polar surface area (TPSA) is 72.3 Å². The molecule has 0 radical (unpaired) electrons. The minimum absolute atomic E-state index is 0.0609. The van der Waals surface area contributed by atoms with Crippen molar-refractivity contribution in [2.45, 2.75) is 12.5 Å². The summed E-state index contributed by atoms with van der Waals surface area (Å²) in [6, 6.07) is -0.395. The van der Waals surface area contributed by atoms with Crippen LogP contribution in [0.2, 0.25) is 0 Å². The van der Waals surface area contributed by atoms with E-state index in [0.29, 0.717) is 13.0 Å². The molecule has 76 valence electrons. The van der Waals surface area contributed by atoms with Gasteiger partial charge in [-0.1, -0.05) is 0 Å². The molecule has 1 aliphatic rings. The monoisotopic (exact) mass is 203 g/mol. The highest BCUT2D eigenvalue weighted by Crippen LogP contribution is 2.10. The fourth-order valence-corrected chi connectivity index (χ4v) is 2.22. The predicted molar refractivity (Wildman–Crippen MR) is 55.6 cm³/mol. The number of carbonyl (C=O) groups excluding carboxylic acids is 1. The van der Waals surface area contributed by atoms with Crippen LogP contribution in [0.4, 0.5) is 0 Å². The van der Waals surface area contributed by atoms with Crippen LogP contribution in [0.5, 0.6) is 0 Å². The van der Waals surface area contributed by atoms with Crippen molar-refractivity contribution in [2.75, 3.05) is 31.1 Å². The largest absolute Gasteiger partial charge is 0.340 e. The lowest BCUT2D eigenvalue weighted by Gasteiger charge is -2.28. The second kappa shape index (κ2) is 5.47. The molecule has 1 unspecified atom stereocenters. The van der Waals surface area contributed by atoms with Crippen LogP contribution in [0, 0.1) is 0 Å². The van der Waals surface area contributed by atoms with Gasteiger partial charge in [0.25, 0.3) is 0 Å². The highest BCUT2D eigenvalue weighted by atomic mass is 32.2. The number of hydrogen-bond acceptors (Lipinski definition) is 4. The summed E-state index contributed by atoms with van der Waals surface area (Å²) < 4.78 is 0. The summed E-state index contributed by atoms with van der Waals surface area (Å²) in [5, 5.41) is 0. The van der Waals surface area contributed by atoms with E-state index < -0.39 is 6.04 Å². The molecule has 0 bridgehead atoms. The third-order valence-electron chi connectivity index (χ3n) is 2.12. The van der Waals surface area contributed by atoms with E-state index in [0.717, 1.165) is 24.6 Å². The third kappa shape index (κ3) is 3.17. The van der Waals surface area contributed by atoms with Crippen LogP contribution in [0.25, 0.3) is 0 Å². The average molecular weight is 203 g/mol. The van der Waals surface area contributed by atoms with Gasteiger partial charge in [-0.15, -0.1) is 0 Å². The quantitative estimate of drug-likeness (QED) is 0.632. The van der Waals surface area contributed by atoms with Crippen molar-refractivity contribution in [1.82, 2.24) is 4.90 Å². The molecule has 1 saturated heterocycles. The van der Waals surface area contributed by atoms with Gasteiger partial charge in [0.15, 0.2) is 0 Å². The van der Waals surface area contributed by atoms with Crippen LogP contribution >= 0.6 is 11.8 Å². The van der Waals surface area contributed by atoms with E-state index in [2.05, 4.69) is 0 Å². The minimum Gasteiger partial charge on any atom is -0.340 e. The van der Waals surface area contributed by atoms with Gasteiger partial charge in [0.1, 0.15) is 0 Å². The van der Waals surface area contributed by atoms with Crippen molar-refractivity contribution in [3.8, 4) is 0 Å². The highest BCUT2D eigenvalue weighted by Gasteiger charge is 2.21. The van der Waals surface area contributed by atoms with Gasteiger partial charge in [-0.05, 0) is 13.0 Å². The normalized spacial score (nSPS) is 20.0. The van der Waals surface area contributed by atoms with E-state index >= 15 is 0 Å². The molecule has 13 heavy (non-hydrogen) atoms. The minimum atomic E-state index is -0.395. The Morgan fingerprint density at radius 2 is 2.08 bits per heavy atom. The van der Waals surface area contributed by atoms with E-state index in [1.807, 2.05) is 16.7 Å². The van der Waals surface area contributed by atoms with Crippen molar-refractivity contribution < 1.29 is 4.79 Å². The van der Waals surface area contributed by atoms with E-state index in [-0.39, 0.29) is 5.91 Å². The highest BCUT2D eigenvalue weighted by molar-refractivity contribution is 7.99. The van der Waals surface area contributed by atoms with Crippen molar-refractivity contribution in [3.05, 3.63) is 0 Å². The second-order valence-corrected chi connectivity index (χ2v) is 4.35. The van der Waals surface area contributed by atoms with Crippen molar-refractivity contribution in [1.29, 1.82) is 0 Å². The first-order valence-electron chi connectivity index (χ1n) is 4.58. The SMILES string of the molecule is NCCC(N)C(=O)N1CCSCC1. The zero-order valence-electron chi connectivity index (χ0n) is 7.74. The molecular formula is C8H17N3OS. The number of carbonyl (C=O) groups is 1. The molecule has 0 aromatic carbocycles. The zero-order chi connectivity index (χ0) is 9.68. The van der Waals surface area contributed by atoms with Crippen LogP contribution in [0.15, 0.2) is 0 Å². The maximum Gasteiger partial charge on any atom is 0.239 e. The molecule has 5 heteroatoms. The standard InChI is InChI=1S/C8H17N3OS/c9-2-1-7(10)8(12)11-3-5-13-6-4-11/h7H,1-6,9-10H2. The molecular weight excluding hydrogens is 186 g/mol. The molecule has 1 amide bonds. The zero-order valence-corrected chi connectivity index (χ0v) is 8.55. The van der Waals surface area contributed by atoms with Crippen molar-refractivity contribution in [3.63, 3.8) is 0 Å². The van der Waals surface area contributed by atoms with Crippen LogP contribution in [0.3, 0.4) is 0 Å². The lowest BCUT2D eigenvalue weighted by atomic mass is 10.2. The van der Waals surface area contributed by atoms with Crippen LogP contribution in [-0.2, 0) is 4.79 Å². The Morgan fingerprint density at radius 3 is 2.62 bits per heavy atom. The Kier molecular flexibility index (Phi) is 4.55. The molecule has 0 saturated carbocycles. The van der Waals surface area contributed by atoms with Crippen molar-refractivity contribution in [2.24, 2.45) is 11.5 Å². The number of nitrogens with zero attached hydrogens (tertiary/aromatic N) is 1. The summed E-state index contributed by atoms with van der Waals surface area (Å²) in [5.74, 6) is 2.12. The van der Waals surface area contributed by atoms with Gasteiger partial charge in [0.05, 0.1) is 6.04 Å². The lowest BCUT2D eigenvalue weighted by Crippen LogP contribution is -2.47. The van der Waals surface area contributed by atoms with Gasteiger partial charge in [0, 0.05) is 24.6 Å². The van der Waals surface area contributed by atoms with Gasteiger partial charge in [0.2, 0.25) is 5.91 Å². The Hall–Kier alpha value is -0.260. The maximum atomic E-state index is 11.6. The number of thioether (sulfide) groups is 1. The predicted octanol–water partition coefficient (Wildman–Crippen LogP) is -0.762. The third-order valence-corrected chi connectivity index (χ3v) is 3.06. The Bertz CT molecular complexity index is 171. The van der Waals surface area contributed by atoms with Crippen LogP contribution in [-0.4, -0.2) is 48.0 Å². The number of rotatable bonds is 3. The molecule has 1 atom stereocenters. The summed E-state index contributed by atoms with van der Waals surface area (Å²) in [6.45, 7) is 2.15. The molecule has 1 fully saturated rings. The van der Waals surface area contributed by atoms with E-state index in [4.69, 9.17) is 11.5 Å². The van der Waals surface area contributed by atoms with Gasteiger partial charge >= 0.3 is 0 Å². The molecule has 1 rings (SSSR count). The first kappa shape index (κ1) is 10.8. The lowest BCUT2D eigenvalue weighted by molar-refractivity contribution is -0.132. The van der Waals surface area contributed by atoms with Gasteiger partial charge in [-0.2, -0.15) is 11.8 Å². The Morgan fingerprint density at radius 1 is 1.46 bits per heavy atom. The molecule has 1 aliphatic heterocycles. The van der Waals surface area contributed by atoms with Crippen LogP contribution < -0.4 is 11.5 Å². The number of hydrogen-bond donors (Lipinski definition) is 2. The number of amides is 1. The fraction of sp³-hybridized carbons (Fsp3) is 0.875. The smallest absolute Gasteiger partial charge is 0.239 e. The average Bonchev–Trinajstić information content (AvgIpc) is 2.18. The summed E-state index contributed by atoms with van der Waals surface area (Å²) in [7, 11) is 0. The second-order valence-electron chi connectivity index (χ2n) is 3.12. The first-order valence-corrected chi connectivity index (χ1v) is 5.73.